The van der Waals surface area contributed by atoms with Gasteiger partial charge in [-0.25, -0.2) is 0 Å². The molecule has 0 fully saturated rings. The molecule has 2 unspecified atom stereocenters. The predicted octanol–water partition coefficient (Wildman–Crippen LogP) is 23.0. The molecular weight excluding hydrogens is 1110 g/mol. The second-order valence-corrected chi connectivity index (χ2v) is 26.2. The van der Waals surface area contributed by atoms with Crippen molar-refractivity contribution in [1.82, 2.24) is 0 Å². The summed E-state index contributed by atoms with van der Waals surface area (Å²) in [6.45, 7) is 4.03. The van der Waals surface area contributed by atoms with Gasteiger partial charge in [-0.3, -0.25) is 14.2 Å². The van der Waals surface area contributed by atoms with E-state index in [9.17, 15) is 19.0 Å². The van der Waals surface area contributed by atoms with Crippen LogP contribution < -0.4 is 4.89 Å². The number of allylic oxidation sites excluding steroid dienone is 22. The summed E-state index contributed by atoms with van der Waals surface area (Å²) in [5, 5.41) is 0. The van der Waals surface area contributed by atoms with E-state index in [4.69, 9.17) is 18.5 Å². The first-order chi connectivity index (χ1) is 43.0. The zero-order valence-electron chi connectivity index (χ0n) is 57.4. The van der Waals surface area contributed by atoms with Gasteiger partial charge < -0.3 is 27.9 Å². The first-order valence-corrected chi connectivity index (χ1v) is 37.4. The third-order valence-electron chi connectivity index (χ3n) is 15.2. The molecule has 0 aromatic carbocycles. The van der Waals surface area contributed by atoms with E-state index in [1.54, 1.807) is 0 Å². The van der Waals surface area contributed by atoms with Gasteiger partial charge in [-0.15, -0.1) is 0 Å². The van der Waals surface area contributed by atoms with Crippen LogP contribution in [0.5, 0.6) is 0 Å². The molecule has 0 saturated carbocycles. The first kappa shape index (κ1) is 84.2. The highest BCUT2D eigenvalue weighted by Gasteiger charge is 2.22. The highest BCUT2D eigenvalue weighted by atomic mass is 31.2. The Morgan fingerprint density at radius 1 is 0.352 bits per heavy atom. The molecule has 0 saturated heterocycles. The maximum Gasteiger partial charge on any atom is 0.306 e. The van der Waals surface area contributed by atoms with E-state index in [1.165, 1.54) is 154 Å². The fraction of sp³-hybridized carbons (Fsp3) is 0.692. The lowest BCUT2D eigenvalue weighted by Gasteiger charge is -2.28. The van der Waals surface area contributed by atoms with Crippen molar-refractivity contribution in [3.05, 3.63) is 134 Å². The number of unbranched alkanes of at least 4 members (excludes halogenated alkanes) is 29. The average molecular weight is 1240 g/mol. The average Bonchev–Trinajstić information content (AvgIpc) is 3.57. The lowest BCUT2D eigenvalue weighted by atomic mass is 10.0. The van der Waals surface area contributed by atoms with Crippen molar-refractivity contribution >= 4 is 19.8 Å². The largest absolute Gasteiger partial charge is 0.756 e. The van der Waals surface area contributed by atoms with Gasteiger partial charge in [0.25, 0.3) is 7.82 Å². The fourth-order valence-corrected chi connectivity index (χ4v) is 10.5. The van der Waals surface area contributed by atoms with Crippen molar-refractivity contribution in [2.24, 2.45) is 0 Å². The summed E-state index contributed by atoms with van der Waals surface area (Å²) in [6, 6.07) is 0. The lowest BCUT2D eigenvalue weighted by molar-refractivity contribution is -0.870. The number of hydrogen-bond donors (Lipinski definition) is 0. The Kier molecular flexibility index (Phi) is 64.6. The van der Waals surface area contributed by atoms with Crippen molar-refractivity contribution in [3.8, 4) is 0 Å². The van der Waals surface area contributed by atoms with Crippen LogP contribution in [0.3, 0.4) is 0 Å². The van der Waals surface area contributed by atoms with Gasteiger partial charge in [-0.05, 0) is 109 Å². The van der Waals surface area contributed by atoms with Crippen molar-refractivity contribution < 1.29 is 42.1 Å². The maximum absolute atomic E-state index is 12.9. The van der Waals surface area contributed by atoms with E-state index in [2.05, 4.69) is 148 Å². The number of carbonyl (C=O) groups is 2. The molecule has 0 radical (unpaired) electrons. The van der Waals surface area contributed by atoms with E-state index in [0.29, 0.717) is 17.4 Å². The number of likely N-dealkylation sites (N-methyl/N-ethyl adjacent to an activating group) is 1. The molecule has 0 rings (SSSR count). The second kappa shape index (κ2) is 67.5. The highest BCUT2D eigenvalue weighted by Crippen LogP contribution is 2.38. The number of nitrogens with zero attached hydrogens (tertiary/aromatic N) is 1. The molecule has 9 nitrogen and oxygen atoms in total. The van der Waals surface area contributed by atoms with Crippen LogP contribution in [0.1, 0.15) is 296 Å². The number of ether oxygens (including phenoxy) is 2. The first-order valence-electron chi connectivity index (χ1n) is 35.9. The van der Waals surface area contributed by atoms with Gasteiger partial charge in [0, 0.05) is 12.8 Å². The van der Waals surface area contributed by atoms with Crippen LogP contribution in [0, 0.1) is 0 Å². The number of quaternary nitrogens is 1. The summed E-state index contributed by atoms with van der Waals surface area (Å²) in [5.41, 5.74) is 0. The number of esters is 2. The summed E-state index contributed by atoms with van der Waals surface area (Å²) in [5.74, 6) is -0.832. The van der Waals surface area contributed by atoms with Crippen LogP contribution in [0.15, 0.2) is 134 Å². The van der Waals surface area contributed by atoms with Gasteiger partial charge in [0.1, 0.15) is 19.8 Å². The number of phosphoric acid groups is 1. The molecule has 0 N–H and O–H groups in total. The zero-order chi connectivity index (χ0) is 64.1. The van der Waals surface area contributed by atoms with Crippen molar-refractivity contribution in [2.75, 3.05) is 47.5 Å². The van der Waals surface area contributed by atoms with E-state index in [-0.39, 0.29) is 32.0 Å². The Hall–Kier alpha value is -3.85. The van der Waals surface area contributed by atoms with Gasteiger partial charge in [-0.1, -0.05) is 308 Å². The van der Waals surface area contributed by atoms with Gasteiger partial charge in [0.2, 0.25) is 0 Å². The molecule has 10 heteroatoms. The quantitative estimate of drug-likeness (QED) is 0.0195. The van der Waals surface area contributed by atoms with E-state index < -0.39 is 26.5 Å². The number of rotatable bonds is 65. The van der Waals surface area contributed by atoms with E-state index in [1.807, 2.05) is 21.1 Å². The van der Waals surface area contributed by atoms with Gasteiger partial charge >= 0.3 is 11.9 Å². The highest BCUT2D eigenvalue weighted by molar-refractivity contribution is 7.45. The fourth-order valence-electron chi connectivity index (χ4n) is 9.75. The topological polar surface area (TPSA) is 111 Å². The molecule has 0 aromatic rings. The minimum atomic E-state index is -4.65. The van der Waals surface area contributed by atoms with Crippen LogP contribution in [-0.4, -0.2) is 70.0 Å². The summed E-state index contributed by atoms with van der Waals surface area (Å²) in [7, 11) is 1.16. The molecule has 504 valence electrons. The third-order valence-corrected chi connectivity index (χ3v) is 16.1. The van der Waals surface area contributed by atoms with E-state index >= 15 is 0 Å². The van der Waals surface area contributed by atoms with Crippen LogP contribution in [0.2, 0.25) is 0 Å². The summed E-state index contributed by atoms with van der Waals surface area (Å²) >= 11 is 0. The normalized spacial score (nSPS) is 13.9. The SMILES string of the molecule is CC/C=C\C/C=C\C/C=C\C/C=C\C/C=C\C/C=C\C/C=C\CCCCCCCCCCCCCCCC(=O)OC(COC(=O)CCCCCCCCCCCCCCCCCC/C=C\C/C=C\C/C=C\C/C=C\CC)COP(=O)([O-])OCC[N+](C)(C)C. The van der Waals surface area contributed by atoms with Crippen molar-refractivity contribution in [1.29, 1.82) is 0 Å². The molecule has 2 atom stereocenters. The van der Waals surface area contributed by atoms with Crippen LogP contribution in [0.25, 0.3) is 0 Å². The van der Waals surface area contributed by atoms with Gasteiger partial charge in [0.15, 0.2) is 6.10 Å². The molecule has 88 heavy (non-hydrogen) atoms. The Labute approximate surface area is 542 Å². The summed E-state index contributed by atoms with van der Waals surface area (Å²) < 4.78 is 34.3. The van der Waals surface area contributed by atoms with Gasteiger partial charge in [-0.2, -0.15) is 0 Å². The molecule has 0 aliphatic rings. The predicted molar refractivity (Wildman–Crippen MR) is 378 cm³/mol. The summed E-state index contributed by atoms with van der Waals surface area (Å²) in [6.07, 6.45) is 98.2. The molecule has 0 aliphatic heterocycles. The molecule has 0 aliphatic carbocycles. The van der Waals surface area contributed by atoms with Crippen molar-refractivity contribution in [3.63, 3.8) is 0 Å². The number of hydrogen-bond acceptors (Lipinski definition) is 8. The molecular formula is C78H134NO8P. The van der Waals surface area contributed by atoms with Gasteiger partial charge in [0.05, 0.1) is 27.7 Å². The Balaban J connectivity index is 4.05. The standard InChI is InChI=1S/C78H134NO8P/c1-6-8-10-12-14-16-18-20-22-24-26-28-30-32-34-36-37-38-39-40-41-43-45-47-49-51-53-55-57-59-61-63-65-67-69-71-78(81)87-76(75-86-88(82,83)85-73-72-79(3,4)5)74-84-77(80)70-68-66-64-62-60-58-56-54-52-50-48-46-44-42-35-33-31-29-27-25-23-21-19-17-15-13-11-9-7-2/h8-11,14-17,20-23,26-29,32,34,37-38,40-41,76H,6-7,12-13,18-19,24-25,30-31,33,35-36,39,42-75H2,1-5H3/b10-8-,11-9-,16-14-,17-15-,22-20-,23-21-,28-26-,29-27-,34-32-,38-37-,41-40-. The zero-order valence-corrected chi connectivity index (χ0v) is 58.3. The third kappa shape index (κ3) is 71.2. The minimum Gasteiger partial charge on any atom is -0.756 e. The van der Waals surface area contributed by atoms with Crippen LogP contribution in [-0.2, 0) is 32.7 Å². The minimum absolute atomic E-state index is 0.0353. The summed E-state index contributed by atoms with van der Waals surface area (Å²) in [4.78, 5) is 38.1. The smallest absolute Gasteiger partial charge is 0.306 e. The maximum atomic E-state index is 12.9. The lowest BCUT2D eigenvalue weighted by Crippen LogP contribution is -2.37. The molecule has 0 bridgehead atoms. The number of carbonyl (C=O) groups excluding carboxylic acids is 2. The van der Waals surface area contributed by atoms with Crippen molar-refractivity contribution in [2.45, 2.75) is 302 Å². The second-order valence-electron chi connectivity index (χ2n) is 24.8. The Morgan fingerprint density at radius 2 is 0.614 bits per heavy atom. The molecule has 0 aromatic heterocycles. The monoisotopic (exact) mass is 1240 g/mol. The Morgan fingerprint density at radius 3 is 0.909 bits per heavy atom. The molecule has 0 heterocycles. The Bertz CT molecular complexity index is 1950. The van der Waals surface area contributed by atoms with E-state index in [0.717, 1.165) is 109 Å². The molecule has 0 amide bonds. The molecule has 0 spiro atoms. The van der Waals surface area contributed by atoms with Crippen LogP contribution >= 0.6 is 7.82 Å². The number of phosphoric ester groups is 1. The van der Waals surface area contributed by atoms with Crippen LogP contribution in [0.4, 0.5) is 0 Å².